The molecule has 0 radical (unpaired) electrons. The zero-order chi connectivity index (χ0) is 9.42. The summed E-state index contributed by atoms with van der Waals surface area (Å²) >= 11 is 0. The van der Waals surface area contributed by atoms with Gasteiger partial charge >= 0.3 is 0 Å². The van der Waals surface area contributed by atoms with Crippen LogP contribution < -0.4 is 5.73 Å². The Balaban J connectivity index is 0.000000980. The third-order valence-corrected chi connectivity index (χ3v) is 2.45. The van der Waals surface area contributed by atoms with Gasteiger partial charge in [0.25, 0.3) is 0 Å². The molecule has 1 aromatic carbocycles. The van der Waals surface area contributed by atoms with Crippen molar-refractivity contribution in [1.82, 2.24) is 0 Å². The summed E-state index contributed by atoms with van der Waals surface area (Å²) in [6, 6.07) is 3.10. The van der Waals surface area contributed by atoms with Crippen LogP contribution >= 0.6 is 12.4 Å². The Bertz CT molecular complexity index is 326. The first-order valence-electron chi connectivity index (χ1n) is 4.39. The van der Waals surface area contributed by atoms with Crippen molar-refractivity contribution in [3.63, 3.8) is 0 Å². The standard InChI is InChI=1S/C10H11F2N.ClH/c11-7-3-4-9(12)8(5-7)10(13)6-1-2-6;/h3-6,10H,1-2,13H2;1H/t10-;/m1./s1. The molecule has 78 valence electrons. The lowest BCUT2D eigenvalue weighted by molar-refractivity contribution is 0.539. The lowest BCUT2D eigenvalue weighted by atomic mass is 10.0. The van der Waals surface area contributed by atoms with E-state index in [0.717, 1.165) is 25.0 Å². The summed E-state index contributed by atoms with van der Waals surface area (Å²) in [6.07, 6.45) is 2.05. The minimum atomic E-state index is -0.424. The van der Waals surface area contributed by atoms with Crippen LogP contribution in [0.25, 0.3) is 0 Å². The van der Waals surface area contributed by atoms with Crippen molar-refractivity contribution in [2.24, 2.45) is 11.7 Å². The maximum absolute atomic E-state index is 13.2. The Morgan fingerprint density at radius 2 is 1.93 bits per heavy atom. The van der Waals surface area contributed by atoms with Crippen LogP contribution in [0.1, 0.15) is 24.4 Å². The highest BCUT2D eigenvalue weighted by Gasteiger charge is 2.31. The number of hydrogen-bond acceptors (Lipinski definition) is 1. The molecule has 1 saturated carbocycles. The van der Waals surface area contributed by atoms with Crippen LogP contribution in [0.2, 0.25) is 0 Å². The van der Waals surface area contributed by atoms with Crippen LogP contribution in [0.15, 0.2) is 18.2 Å². The molecule has 1 atom stereocenters. The van der Waals surface area contributed by atoms with Gasteiger partial charge in [0.1, 0.15) is 11.6 Å². The van der Waals surface area contributed by atoms with Gasteiger partial charge in [-0.2, -0.15) is 0 Å². The third kappa shape index (κ3) is 2.22. The van der Waals surface area contributed by atoms with E-state index < -0.39 is 11.6 Å². The molecular weight excluding hydrogens is 208 g/mol. The molecule has 0 spiro atoms. The van der Waals surface area contributed by atoms with Crippen LogP contribution in [-0.2, 0) is 0 Å². The number of benzene rings is 1. The van der Waals surface area contributed by atoms with Crippen LogP contribution in [0.4, 0.5) is 8.78 Å². The monoisotopic (exact) mass is 219 g/mol. The van der Waals surface area contributed by atoms with Gasteiger partial charge in [0, 0.05) is 11.6 Å². The molecule has 0 aliphatic heterocycles. The number of nitrogens with two attached hydrogens (primary N) is 1. The van der Waals surface area contributed by atoms with E-state index in [1.54, 1.807) is 0 Å². The highest BCUT2D eigenvalue weighted by molar-refractivity contribution is 5.85. The van der Waals surface area contributed by atoms with E-state index in [2.05, 4.69) is 0 Å². The van der Waals surface area contributed by atoms with Gasteiger partial charge in [-0.15, -0.1) is 12.4 Å². The average Bonchev–Trinajstić information content (AvgIpc) is 2.91. The van der Waals surface area contributed by atoms with E-state index >= 15 is 0 Å². The van der Waals surface area contributed by atoms with Crippen LogP contribution in [0, 0.1) is 17.6 Å². The highest BCUT2D eigenvalue weighted by atomic mass is 35.5. The molecule has 0 aromatic heterocycles. The molecule has 0 unspecified atom stereocenters. The number of rotatable bonds is 2. The molecule has 4 heteroatoms. The Morgan fingerprint density at radius 3 is 2.50 bits per heavy atom. The fourth-order valence-electron chi connectivity index (χ4n) is 1.48. The summed E-state index contributed by atoms with van der Waals surface area (Å²) in [6.45, 7) is 0. The Hall–Kier alpha value is -0.670. The highest BCUT2D eigenvalue weighted by Crippen LogP contribution is 2.40. The second-order valence-electron chi connectivity index (χ2n) is 3.53. The topological polar surface area (TPSA) is 26.0 Å². The van der Waals surface area contributed by atoms with E-state index in [4.69, 9.17) is 5.73 Å². The second kappa shape index (κ2) is 4.24. The zero-order valence-corrected chi connectivity index (χ0v) is 8.36. The van der Waals surface area contributed by atoms with Crippen LogP contribution in [0.5, 0.6) is 0 Å². The first kappa shape index (κ1) is 11.4. The van der Waals surface area contributed by atoms with Crippen molar-refractivity contribution in [1.29, 1.82) is 0 Å². The fourth-order valence-corrected chi connectivity index (χ4v) is 1.48. The molecule has 1 aliphatic rings. The van der Waals surface area contributed by atoms with Crippen molar-refractivity contribution in [3.05, 3.63) is 35.4 Å². The Labute approximate surface area is 87.7 Å². The first-order valence-corrected chi connectivity index (χ1v) is 4.39. The summed E-state index contributed by atoms with van der Waals surface area (Å²) in [7, 11) is 0. The van der Waals surface area contributed by atoms with Crippen LogP contribution in [-0.4, -0.2) is 0 Å². The van der Waals surface area contributed by atoms with Gasteiger partial charge in [0.15, 0.2) is 0 Å². The zero-order valence-electron chi connectivity index (χ0n) is 7.54. The van der Waals surface area contributed by atoms with Gasteiger partial charge in [-0.05, 0) is 37.0 Å². The third-order valence-electron chi connectivity index (χ3n) is 2.45. The maximum Gasteiger partial charge on any atom is 0.128 e. The van der Waals surface area contributed by atoms with E-state index in [1.807, 2.05) is 0 Å². The summed E-state index contributed by atoms with van der Waals surface area (Å²) in [5.74, 6) is -0.482. The minimum absolute atomic E-state index is 0. The van der Waals surface area contributed by atoms with Gasteiger partial charge in [-0.3, -0.25) is 0 Å². The average molecular weight is 220 g/mol. The molecule has 1 aromatic rings. The summed E-state index contributed by atoms with van der Waals surface area (Å²) in [4.78, 5) is 0. The van der Waals surface area contributed by atoms with E-state index in [-0.39, 0.29) is 18.4 Å². The SMILES string of the molecule is Cl.N[C@@H](c1cc(F)ccc1F)C1CC1. The van der Waals surface area contributed by atoms with Crippen molar-refractivity contribution < 1.29 is 8.78 Å². The minimum Gasteiger partial charge on any atom is -0.324 e. The molecule has 14 heavy (non-hydrogen) atoms. The van der Waals surface area contributed by atoms with Gasteiger partial charge in [0.05, 0.1) is 0 Å². The molecule has 1 fully saturated rings. The predicted molar refractivity (Wildman–Crippen MR) is 53.3 cm³/mol. The largest absolute Gasteiger partial charge is 0.324 e. The number of halogens is 3. The quantitative estimate of drug-likeness (QED) is 0.813. The Morgan fingerprint density at radius 1 is 1.29 bits per heavy atom. The smallest absolute Gasteiger partial charge is 0.128 e. The molecule has 2 rings (SSSR count). The first-order chi connectivity index (χ1) is 6.18. The molecule has 0 heterocycles. The van der Waals surface area contributed by atoms with Gasteiger partial charge < -0.3 is 5.73 Å². The lowest BCUT2D eigenvalue weighted by Gasteiger charge is -2.11. The van der Waals surface area contributed by atoms with E-state index in [9.17, 15) is 8.78 Å². The molecule has 1 aliphatic carbocycles. The van der Waals surface area contributed by atoms with Gasteiger partial charge in [0.2, 0.25) is 0 Å². The molecule has 0 amide bonds. The van der Waals surface area contributed by atoms with Crippen LogP contribution in [0.3, 0.4) is 0 Å². The summed E-state index contributed by atoms with van der Waals surface area (Å²) < 4.78 is 25.9. The second-order valence-corrected chi connectivity index (χ2v) is 3.53. The van der Waals surface area contributed by atoms with E-state index in [0.29, 0.717) is 11.5 Å². The summed E-state index contributed by atoms with van der Waals surface area (Å²) in [5, 5.41) is 0. The molecule has 2 N–H and O–H groups in total. The van der Waals surface area contributed by atoms with Crippen molar-refractivity contribution in [3.8, 4) is 0 Å². The summed E-state index contributed by atoms with van der Waals surface area (Å²) in [5.41, 5.74) is 6.07. The van der Waals surface area contributed by atoms with E-state index in [1.165, 1.54) is 6.07 Å². The van der Waals surface area contributed by atoms with Crippen molar-refractivity contribution in [2.45, 2.75) is 18.9 Å². The number of hydrogen-bond donors (Lipinski definition) is 1. The Kier molecular flexibility index (Phi) is 3.45. The fraction of sp³-hybridized carbons (Fsp3) is 0.400. The normalized spacial score (nSPS) is 17.4. The molecule has 1 nitrogen and oxygen atoms in total. The maximum atomic E-state index is 13.2. The molecule has 0 bridgehead atoms. The predicted octanol–water partition coefficient (Wildman–Crippen LogP) is 2.80. The van der Waals surface area contributed by atoms with Crippen molar-refractivity contribution >= 4 is 12.4 Å². The lowest BCUT2D eigenvalue weighted by Crippen LogP contribution is -2.14. The van der Waals surface area contributed by atoms with Gasteiger partial charge in [-0.25, -0.2) is 8.78 Å². The van der Waals surface area contributed by atoms with Gasteiger partial charge in [-0.1, -0.05) is 0 Å². The molecular formula is C10H12ClF2N. The van der Waals surface area contributed by atoms with Crippen molar-refractivity contribution in [2.75, 3.05) is 0 Å². The molecule has 0 saturated heterocycles.